The Morgan fingerprint density at radius 3 is 3.32 bits per heavy atom. The lowest BCUT2D eigenvalue weighted by Gasteiger charge is -2.10. The van der Waals surface area contributed by atoms with Crippen molar-refractivity contribution < 1.29 is 9.53 Å². The van der Waals surface area contributed by atoms with Gasteiger partial charge in [-0.2, -0.15) is 5.10 Å². The molecule has 1 atom stereocenters. The number of aromatic nitrogens is 3. The van der Waals surface area contributed by atoms with E-state index in [0.29, 0.717) is 23.4 Å². The predicted molar refractivity (Wildman–Crippen MR) is 69.0 cm³/mol. The molecule has 0 bridgehead atoms. The number of aryl methyl sites for hydroxylation is 1. The number of carbonyl (C=O) groups is 1. The lowest BCUT2D eigenvalue weighted by Crippen LogP contribution is -2.32. The molecule has 1 saturated heterocycles. The van der Waals surface area contributed by atoms with E-state index in [2.05, 4.69) is 15.4 Å². The van der Waals surface area contributed by atoms with Crippen LogP contribution in [-0.4, -0.2) is 39.8 Å². The molecule has 0 saturated carbocycles. The highest BCUT2D eigenvalue weighted by Crippen LogP contribution is 2.14. The first-order valence-electron chi connectivity index (χ1n) is 6.45. The number of hydrogen-bond acceptors (Lipinski definition) is 4. The van der Waals surface area contributed by atoms with E-state index >= 15 is 0 Å². The minimum absolute atomic E-state index is 0.137. The topological polar surface area (TPSA) is 68.5 Å². The van der Waals surface area contributed by atoms with E-state index in [0.717, 1.165) is 19.4 Å². The molecule has 0 spiro atoms. The van der Waals surface area contributed by atoms with Gasteiger partial charge in [0.1, 0.15) is 5.56 Å². The van der Waals surface area contributed by atoms with Gasteiger partial charge in [-0.05, 0) is 25.8 Å². The Bertz CT molecular complexity index is 602. The summed E-state index contributed by atoms with van der Waals surface area (Å²) in [7, 11) is 0. The Hall–Kier alpha value is -1.95. The molecular weight excluding hydrogens is 244 g/mol. The van der Waals surface area contributed by atoms with Crippen LogP contribution in [0.25, 0.3) is 5.65 Å². The summed E-state index contributed by atoms with van der Waals surface area (Å²) < 4.78 is 7.11. The van der Waals surface area contributed by atoms with Gasteiger partial charge in [-0.15, -0.1) is 0 Å². The highest BCUT2D eigenvalue weighted by molar-refractivity contribution is 6.00. The third kappa shape index (κ3) is 2.31. The quantitative estimate of drug-likeness (QED) is 0.892. The maximum Gasteiger partial charge on any atom is 0.257 e. The molecule has 1 aliphatic heterocycles. The van der Waals surface area contributed by atoms with Crippen LogP contribution in [0.5, 0.6) is 0 Å². The monoisotopic (exact) mass is 260 g/mol. The van der Waals surface area contributed by atoms with Crippen molar-refractivity contribution in [3.8, 4) is 0 Å². The van der Waals surface area contributed by atoms with E-state index in [1.54, 1.807) is 23.0 Å². The Morgan fingerprint density at radius 2 is 2.53 bits per heavy atom. The van der Waals surface area contributed by atoms with Gasteiger partial charge in [-0.1, -0.05) is 0 Å². The zero-order valence-corrected chi connectivity index (χ0v) is 10.8. The average molecular weight is 260 g/mol. The summed E-state index contributed by atoms with van der Waals surface area (Å²) in [5.41, 5.74) is 1.81. The number of rotatable bonds is 3. The van der Waals surface area contributed by atoms with Crippen LogP contribution in [0.4, 0.5) is 0 Å². The molecule has 19 heavy (non-hydrogen) atoms. The first kappa shape index (κ1) is 12.1. The lowest BCUT2D eigenvalue weighted by molar-refractivity contribution is 0.0858. The van der Waals surface area contributed by atoms with Crippen molar-refractivity contribution in [2.24, 2.45) is 0 Å². The molecule has 2 aromatic rings. The third-order valence-corrected chi connectivity index (χ3v) is 3.31. The van der Waals surface area contributed by atoms with Crippen molar-refractivity contribution in [1.82, 2.24) is 19.9 Å². The van der Waals surface area contributed by atoms with Crippen molar-refractivity contribution in [3.63, 3.8) is 0 Å². The highest BCUT2D eigenvalue weighted by Gasteiger charge is 2.20. The average Bonchev–Trinajstić information content (AvgIpc) is 3.02. The maximum atomic E-state index is 12.2. The van der Waals surface area contributed by atoms with Gasteiger partial charge >= 0.3 is 0 Å². The standard InChI is InChI=1S/C13H16N4O2/c1-9-11(12-14-5-3-6-17(12)16-9)13(18)15-8-10-4-2-7-19-10/h3,5-6,10H,2,4,7-8H2,1H3,(H,15,18). The maximum absolute atomic E-state index is 12.2. The first-order valence-corrected chi connectivity index (χ1v) is 6.45. The van der Waals surface area contributed by atoms with Crippen LogP contribution in [0, 0.1) is 6.92 Å². The number of ether oxygens (including phenoxy) is 1. The molecule has 1 aliphatic rings. The van der Waals surface area contributed by atoms with Gasteiger partial charge in [0, 0.05) is 25.5 Å². The van der Waals surface area contributed by atoms with Crippen LogP contribution in [0.2, 0.25) is 0 Å². The Balaban J connectivity index is 1.79. The molecule has 3 heterocycles. The largest absolute Gasteiger partial charge is 0.376 e. The summed E-state index contributed by atoms with van der Waals surface area (Å²) in [5.74, 6) is -0.137. The van der Waals surface area contributed by atoms with E-state index in [4.69, 9.17) is 4.74 Å². The Labute approximate surface area is 110 Å². The molecule has 1 fully saturated rings. The van der Waals surface area contributed by atoms with E-state index in [-0.39, 0.29) is 12.0 Å². The highest BCUT2D eigenvalue weighted by atomic mass is 16.5. The van der Waals surface area contributed by atoms with E-state index in [1.807, 2.05) is 6.92 Å². The summed E-state index contributed by atoms with van der Waals surface area (Å²) in [6, 6.07) is 1.79. The Morgan fingerprint density at radius 1 is 1.63 bits per heavy atom. The van der Waals surface area contributed by atoms with Gasteiger partial charge in [-0.25, -0.2) is 9.50 Å². The van der Waals surface area contributed by atoms with Crippen molar-refractivity contribution in [1.29, 1.82) is 0 Å². The second kappa shape index (κ2) is 4.97. The smallest absolute Gasteiger partial charge is 0.257 e. The van der Waals surface area contributed by atoms with E-state index in [9.17, 15) is 4.79 Å². The molecule has 6 heteroatoms. The normalized spacial score (nSPS) is 18.9. The molecule has 6 nitrogen and oxygen atoms in total. The van der Waals surface area contributed by atoms with Crippen LogP contribution in [-0.2, 0) is 4.74 Å². The summed E-state index contributed by atoms with van der Waals surface area (Å²) >= 11 is 0. The molecule has 0 aromatic carbocycles. The van der Waals surface area contributed by atoms with Gasteiger partial charge in [0.15, 0.2) is 5.65 Å². The zero-order valence-electron chi connectivity index (χ0n) is 10.8. The number of nitrogens with one attached hydrogen (secondary N) is 1. The molecular formula is C13H16N4O2. The SMILES string of the molecule is Cc1nn2cccnc2c1C(=O)NCC1CCCO1. The zero-order chi connectivity index (χ0) is 13.2. The fraction of sp³-hybridized carbons (Fsp3) is 0.462. The molecule has 2 aromatic heterocycles. The number of carbonyl (C=O) groups excluding carboxylic acids is 1. The fourth-order valence-corrected chi connectivity index (χ4v) is 2.36. The molecule has 100 valence electrons. The second-order valence-corrected chi connectivity index (χ2v) is 4.69. The molecule has 0 aliphatic carbocycles. The number of fused-ring (bicyclic) bond motifs is 1. The summed E-state index contributed by atoms with van der Waals surface area (Å²) in [6.45, 7) is 3.15. The Kier molecular flexibility index (Phi) is 3.16. The number of nitrogens with zero attached hydrogens (tertiary/aromatic N) is 3. The van der Waals surface area contributed by atoms with Gasteiger partial charge in [0.2, 0.25) is 0 Å². The van der Waals surface area contributed by atoms with Crippen molar-refractivity contribution in [2.75, 3.05) is 13.2 Å². The lowest BCUT2D eigenvalue weighted by atomic mass is 10.2. The van der Waals surface area contributed by atoms with Crippen LogP contribution < -0.4 is 5.32 Å². The van der Waals surface area contributed by atoms with Crippen molar-refractivity contribution in [3.05, 3.63) is 29.7 Å². The third-order valence-electron chi connectivity index (χ3n) is 3.31. The number of amides is 1. The van der Waals surface area contributed by atoms with Crippen LogP contribution in [0.3, 0.4) is 0 Å². The van der Waals surface area contributed by atoms with Gasteiger partial charge < -0.3 is 10.1 Å². The molecule has 1 N–H and O–H groups in total. The molecule has 0 radical (unpaired) electrons. The summed E-state index contributed by atoms with van der Waals surface area (Å²) in [6.07, 6.45) is 5.66. The first-order chi connectivity index (χ1) is 9.25. The molecule has 3 rings (SSSR count). The van der Waals surface area contributed by atoms with Gasteiger partial charge in [0.05, 0.1) is 11.8 Å². The number of hydrogen-bond donors (Lipinski definition) is 1. The minimum atomic E-state index is -0.137. The van der Waals surface area contributed by atoms with Gasteiger partial charge in [0.25, 0.3) is 5.91 Å². The summed E-state index contributed by atoms with van der Waals surface area (Å²) in [4.78, 5) is 16.4. The van der Waals surface area contributed by atoms with Crippen molar-refractivity contribution >= 4 is 11.6 Å². The molecule has 1 unspecified atom stereocenters. The van der Waals surface area contributed by atoms with E-state index in [1.165, 1.54) is 0 Å². The molecule has 1 amide bonds. The van der Waals surface area contributed by atoms with Crippen LogP contribution in [0.15, 0.2) is 18.5 Å². The minimum Gasteiger partial charge on any atom is -0.376 e. The van der Waals surface area contributed by atoms with Crippen LogP contribution >= 0.6 is 0 Å². The van der Waals surface area contributed by atoms with E-state index < -0.39 is 0 Å². The van der Waals surface area contributed by atoms with Gasteiger partial charge in [-0.3, -0.25) is 4.79 Å². The fourth-order valence-electron chi connectivity index (χ4n) is 2.36. The predicted octanol–water partition coefficient (Wildman–Crippen LogP) is 0.947. The van der Waals surface area contributed by atoms with Crippen LogP contribution in [0.1, 0.15) is 28.9 Å². The second-order valence-electron chi connectivity index (χ2n) is 4.69. The van der Waals surface area contributed by atoms with Crippen molar-refractivity contribution in [2.45, 2.75) is 25.9 Å². The summed E-state index contributed by atoms with van der Waals surface area (Å²) in [5, 5.41) is 7.18.